The molecule has 1 heteroatoms. The molecule has 0 radical (unpaired) electrons. The van der Waals surface area contributed by atoms with Crippen LogP contribution in [0.4, 0.5) is 0 Å². The zero-order valence-corrected chi connectivity index (χ0v) is 8.30. The average Bonchev–Trinajstić information content (AvgIpc) is 2.02. The van der Waals surface area contributed by atoms with Gasteiger partial charge in [0.2, 0.25) is 0 Å². The zero-order valence-electron chi connectivity index (χ0n) is 8.30. The normalized spacial score (nSPS) is 19.4. The van der Waals surface area contributed by atoms with Gasteiger partial charge in [0.05, 0.1) is 0 Å². The van der Waals surface area contributed by atoms with Gasteiger partial charge < -0.3 is 5.11 Å². The topological polar surface area (TPSA) is 20.2 Å². The second-order valence-corrected chi connectivity index (χ2v) is 3.89. The SMILES string of the molecule is CCC(C)C(C)CC(C)CO. The van der Waals surface area contributed by atoms with E-state index in [0.29, 0.717) is 12.5 Å². The van der Waals surface area contributed by atoms with Gasteiger partial charge in [-0.3, -0.25) is 0 Å². The summed E-state index contributed by atoms with van der Waals surface area (Å²) in [7, 11) is 0. The molecule has 0 aliphatic rings. The molecule has 11 heavy (non-hydrogen) atoms. The average molecular weight is 158 g/mol. The molecule has 0 amide bonds. The van der Waals surface area contributed by atoms with Gasteiger partial charge in [-0.25, -0.2) is 0 Å². The standard InChI is InChI=1S/C10H22O/c1-5-9(3)10(4)6-8(2)7-11/h8-11H,5-7H2,1-4H3. The molecule has 3 unspecified atom stereocenters. The summed E-state index contributed by atoms with van der Waals surface area (Å²) in [5.74, 6) is 2.02. The second-order valence-electron chi connectivity index (χ2n) is 3.89. The zero-order chi connectivity index (χ0) is 8.85. The maximum Gasteiger partial charge on any atom is 0.0456 e. The van der Waals surface area contributed by atoms with Crippen LogP contribution in [0.5, 0.6) is 0 Å². The van der Waals surface area contributed by atoms with Crippen molar-refractivity contribution in [3.8, 4) is 0 Å². The molecule has 1 N–H and O–H groups in total. The lowest BCUT2D eigenvalue weighted by atomic mass is 9.86. The summed E-state index contributed by atoms with van der Waals surface area (Å²) in [6.45, 7) is 9.24. The van der Waals surface area contributed by atoms with Crippen molar-refractivity contribution in [2.75, 3.05) is 6.61 Å². The van der Waals surface area contributed by atoms with Gasteiger partial charge in [-0.15, -0.1) is 0 Å². The van der Waals surface area contributed by atoms with E-state index >= 15 is 0 Å². The van der Waals surface area contributed by atoms with Crippen LogP contribution < -0.4 is 0 Å². The molecule has 0 aliphatic carbocycles. The Labute approximate surface area is 70.8 Å². The highest BCUT2D eigenvalue weighted by Gasteiger charge is 2.12. The van der Waals surface area contributed by atoms with Crippen LogP contribution in [-0.4, -0.2) is 11.7 Å². The van der Waals surface area contributed by atoms with E-state index in [0.717, 1.165) is 18.3 Å². The van der Waals surface area contributed by atoms with Crippen molar-refractivity contribution in [3.05, 3.63) is 0 Å². The second kappa shape index (κ2) is 5.59. The molecule has 0 bridgehead atoms. The lowest BCUT2D eigenvalue weighted by Crippen LogP contribution is -2.13. The van der Waals surface area contributed by atoms with Crippen LogP contribution in [0, 0.1) is 17.8 Å². The van der Waals surface area contributed by atoms with E-state index in [-0.39, 0.29) is 0 Å². The van der Waals surface area contributed by atoms with Gasteiger partial charge in [0.25, 0.3) is 0 Å². The van der Waals surface area contributed by atoms with E-state index in [1.54, 1.807) is 0 Å². The first-order chi connectivity index (χ1) is 5.11. The van der Waals surface area contributed by atoms with E-state index in [1.807, 2.05) is 0 Å². The van der Waals surface area contributed by atoms with Crippen LogP contribution in [0.25, 0.3) is 0 Å². The van der Waals surface area contributed by atoms with E-state index in [2.05, 4.69) is 27.7 Å². The quantitative estimate of drug-likeness (QED) is 0.652. The molecule has 0 saturated heterocycles. The van der Waals surface area contributed by atoms with Crippen molar-refractivity contribution in [1.29, 1.82) is 0 Å². The predicted octanol–water partition coefficient (Wildman–Crippen LogP) is 2.69. The van der Waals surface area contributed by atoms with Crippen molar-refractivity contribution in [3.63, 3.8) is 0 Å². The molecule has 0 aromatic rings. The fraction of sp³-hybridized carbons (Fsp3) is 1.00. The minimum absolute atomic E-state index is 0.334. The van der Waals surface area contributed by atoms with Crippen molar-refractivity contribution in [2.24, 2.45) is 17.8 Å². The van der Waals surface area contributed by atoms with Crippen molar-refractivity contribution < 1.29 is 5.11 Å². The van der Waals surface area contributed by atoms with E-state index in [4.69, 9.17) is 5.11 Å². The third kappa shape index (κ3) is 4.41. The molecule has 0 saturated carbocycles. The predicted molar refractivity (Wildman–Crippen MR) is 49.5 cm³/mol. The van der Waals surface area contributed by atoms with Gasteiger partial charge >= 0.3 is 0 Å². The molecule has 1 nitrogen and oxygen atoms in total. The fourth-order valence-electron chi connectivity index (χ4n) is 1.34. The first kappa shape index (κ1) is 11.0. The first-order valence-corrected chi connectivity index (χ1v) is 4.72. The Balaban J connectivity index is 3.58. The molecule has 0 aliphatic heterocycles. The molecular weight excluding hydrogens is 136 g/mol. The van der Waals surface area contributed by atoms with Crippen LogP contribution >= 0.6 is 0 Å². The van der Waals surface area contributed by atoms with E-state index in [1.165, 1.54) is 6.42 Å². The van der Waals surface area contributed by atoms with Crippen molar-refractivity contribution in [1.82, 2.24) is 0 Å². The number of aliphatic hydroxyl groups is 1. The summed E-state index contributed by atoms with van der Waals surface area (Å²) >= 11 is 0. The molecular formula is C10H22O. The molecule has 3 atom stereocenters. The highest BCUT2D eigenvalue weighted by molar-refractivity contribution is 4.63. The molecule has 0 aromatic heterocycles. The smallest absolute Gasteiger partial charge is 0.0456 e. The van der Waals surface area contributed by atoms with Crippen molar-refractivity contribution in [2.45, 2.75) is 40.5 Å². The maximum atomic E-state index is 8.84. The minimum Gasteiger partial charge on any atom is -0.396 e. The van der Waals surface area contributed by atoms with Gasteiger partial charge in [0.15, 0.2) is 0 Å². The van der Waals surface area contributed by atoms with Gasteiger partial charge in [-0.1, -0.05) is 34.1 Å². The van der Waals surface area contributed by atoms with Gasteiger partial charge in [0, 0.05) is 6.61 Å². The monoisotopic (exact) mass is 158 g/mol. The fourth-order valence-corrected chi connectivity index (χ4v) is 1.34. The Morgan fingerprint density at radius 3 is 2.00 bits per heavy atom. The van der Waals surface area contributed by atoms with Gasteiger partial charge in [0.1, 0.15) is 0 Å². The molecule has 0 rings (SSSR count). The lowest BCUT2D eigenvalue weighted by Gasteiger charge is -2.20. The summed E-state index contributed by atoms with van der Waals surface area (Å²) in [4.78, 5) is 0. The number of hydrogen-bond donors (Lipinski definition) is 1. The van der Waals surface area contributed by atoms with Crippen molar-refractivity contribution >= 4 is 0 Å². The Bertz CT molecular complexity index is 90.9. The summed E-state index contributed by atoms with van der Waals surface area (Å²) < 4.78 is 0. The highest BCUT2D eigenvalue weighted by atomic mass is 16.3. The summed E-state index contributed by atoms with van der Waals surface area (Å²) in [6, 6.07) is 0. The number of hydrogen-bond acceptors (Lipinski definition) is 1. The molecule has 0 spiro atoms. The number of aliphatic hydroxyl groups excluding tert-OH is 1. The van der Waals surface area contributed by atoms with Crippen LogP contribution in [0.15, 0.2) is 0 Å². The Morgan fingerprint density at radius 1 is 1.09 bits per heavy atom. The minimum atomic E-state index is 0.334. The van der Waals surface area contributed by atoms with Gasteiger partial charge in [-0.05, 0) is 24.2 Å². The lowest BCUT2D eigenvalue weighted by molar-refractivity contribution is 0.198. The van der Waals surface area contributed by atoms with Crippen LogP contribution in [-0.2, 0) is 0 Å². The third-order valence-corrected chi connectivity index (χ3v) is 2.70. The Morgan fingerprint density at radius 2 is 1.64 bits per heavy atom. The van der Waals surface area contributed by atoms with Crippen LogP contribution in [0.1, 0.15) is 40.5 Å². The molecule has 0 fully saturated rings. The molecule has 0 aromatic carbocycles. The summed E-state index contributed by atoms with van der Waals surface area (Å²) in [6.07, 6.45) is 2.41. The van der Waals surface area contributed by atoms with Crippen LogP contribution in [0.2, 0.25) is 0 Å². The van der Waals surface area contributed by atoms with E-state index < -0.39 is 0 Å². The first-order valence-electron chi connectivity index (χ1n) is 4.72. The van der Waals surface area contributed by atoms with Crippen LogP contribution in [0.3, 0.4) is 0 Å². The number of rotatable bonds is 5. The van der Waals surface area contributed by atoms with Gasteiger partial charge in [-0.2, -0.15) is 0 Å². The third-order valence-electron chi connectivity index (χ3n) is 2.70. The summed E-state index contributed by atoms with van der Waals surface area (Å²) in [5.41, 5.74) is 0. The molecule has 0 heterocycles. The maximum absolute atomic E-state index is 8.84. The Kier molecular flexibility index (Phi) is 5.57. The Hall–Kier alpha value is -0.0400. The summed E-state index contributed by atoms with van der Waals surface area (Å²) in [5, 5.41) is 8.84. The highest BCUT2D eigenvalue weighted by Crippen LogP contribution is 2.21. The largest absolute Gasteiger partial charge is 0.396 e. The van der Waals surface area contributed by atoms with E-state index in [9.17, 15) is 0 Å². The molecule has 68 valence electrons.